The van der Waals surface area contributed by atoms with E-state index in [1.165, 1.54) is 17.7 Å². The van der Waals surface area contributed by atoms with E-state index >= 15 is 0 Å². The Hall–Kier alpha value is -1.67. The van der Waals surface area contributed by atoms with Crippen LogP contribution in [0.25, 0.3) is 11.1 Å². The Morgan fingerprint density at radius 1 is 1.00 bits per heavy atom. The van der Waals surface area contributed by atoms with Gasteiger partial charge in [-0.1, -0.05) is 36.4 Å². The molecule has 2 heteroatoms. The summed E-state index contributed by atoms with van der Waals surface area (Å²) in [6, 6.07) is 14.8. The molecule has 94 valence electrons. The average molecular weight is 243 g/mol. The van der Waals surface area contributed by atoms with Crippen LogP contribution in [0.15, 0.2) is 48.5 Å². The third-order valence-corrected chi connectivity index (χ3v) is 2.76. The minimum atomic E-state index is -0.221. The Balaban J connectivity index is 2.29. The van der Waals surface area contributed by atoms with Gasteiger partial charge in [0.25, 0.3) is 0 Å². The fourth-order valence-electron chi connectivity index (χ4n) is 2.03. The highest BCUT2D eigenvalue weighted by Crippen LogP contribution is 2.22. The second kappa shape index (κ2) is 4.91. The van der Waals surface area contributed by atoms with E-state index in [-0.39, 0.29) is 11.4 Å². The van der Waals surface area contributed by atoms with Gasteiger partial charge in [-0.3, -0.25) is 0 Å². The topological polar surface area (TPSA) is 26.0 Å². The van der Waals surface area contributed by atoms with E-state index in [4.69, 9.17) is 5.73 Å². The van der Waals surface area contributed by atoms with Crippen molar-refractivity contribution >= 4 is 0 Å². The number of hydrogen-bond donors (Lipinski definition) is 1. The van der Waals surface area contributed by atoms with Crippen molar-refractivity contribution < 1.29 is 4.39 Å². The molecule has 0 saturated heterocycles. The van der Waals surface area contributed by atoms with Crippen molar-refractivity contribution in [3.05, 3.63) is 59.9 Å². The van der Waals surface area contributed by atoms with E-state index in [2.05, 4.69) is 12.1 Å². The zero-order chi connectivity index (χ0) is 13.2. The van der Waals surface area contributed by atoms with Crippen LogP contribution in [0, 0.1) is 5.82 Å². The van der Waals surface area contributed by atoms with Gasteiger partial charge < -0.3 is 5.73 Å². The molecule has 2 rings (SSSR count). The lowest BCUT2D eigenvalue weighted by Crippen LogP contribution is -2.34. The highest BCUT2D eigenvalue weighted by atomic mass is 19.1. The molecule has 1 nitrogen and oxygen atoms in total. The standard InChI is InChI=1S/C16H18FN/c1-16(2,18)11-12-4-3-5-14(10-12)13-6-8-15(17)9-7-13/h3-10H,11,18H2,1-2H3. The summed E-state index contributed by atoms with van der Waals surface area (Å²) >= 11 is 0. The van der Waals surface area contributed by atoms with Crippen LogP contribution in [-0.4, -0.2) is 5.54 Å². The number of benzene rings is 2. The van der Waals surface area contributed by atoms with Gasteiger partial charge in [0, 0.05) is 5.54 Å². The van der Waals surface area contributed by atoms with Crippen LogP contribution in [0.4, 0.5) is 4.39 Å². The van der Waals surface area contributed by atoms with Crippen LogP contribution in [0.2, 0.25) is 0 Å². The van der Waals surface area contributed by atoms with Crippen LogP contribution < -0.4 is 5.73 Å². The maximum absolute atomic E-state index is 12.9. The van der Waals surface area contributed by atoms with Crippen LogP contribution in [0.3, 0.4) is 0 Å². The van der Waals surface area contributed by atoms with Gasteiger partial charge >= 0.3 is 0 Å². The Labute approximate surface area is 107 Å². The van der Waals surface area contributed by atoms with E-state index in [1.54, 1.807) is 12.1 Å². The fraction of sp³-hybridized carbons (Fsp3) is 0.250. The Kier molecular flexibility index (Phi) is 3.48. The molecule has 18 heavy (non-hydrogen) atoms. The van der Waals surface area contributed by atoms with Crippen molar-refractivity contribution in [2.75, 3.05) is 0 Å². The summed E-state index contributed by atoms with van der Waals surface area (Å²) in [6.07, 6.45) is 0.821. The fourth-order valence-corrected chi connectivity index (χ4v) is 2.03. The molecule has 0 bridgehead atoms. The van der Waals surface area contributed by atoms with Gasteiger partial charge in [0.05, 0.1) is 0 Å². The van der Waals surface area contributed by atoms with Gasteiger partial charge in [-0.25, -0.2) is 4.39 Å². The molecule has 2 N–H and O–H groups in total. The van der Waals surface area contributed by atoms with E-state index in [1.807, 2.05) is 26.0 Å². The zero-order valence-electron chi connectivity index (χ0n) is 10.8. The Morgan fingerprint density at radius 3 is 2.28 bits per heavy atom. The van der Waals surface area contributed by atoms with E-state index < -0.39 is 0 Å². The first-order chi connectivity index (χ1) is 8.44. The first-order valence-corrected chi connectivity index (χ1v) is 6.08. The zero-order valence-corrected chi connectivity index (χ0v) is 10.8. The van der Waals surface area contributed by atoms with Crippen molar-refractivity contribution in [3.8, 4) is 11.1 Å². The van der Waals surface area contributed by atoms with E-state index in [9.17, 15) is 4.39 Å². The summed E-state index contributed by atoms with van der Waals surface area (Å²) in [5.74, 6) is -0.210. The van der Waals surface area contributed by atoms with Gasteiger partial charge in [0.1, 0.15) is 5.82 Å². The molecule has 0 unspecified atom stereocenters. The minimum Gasteiger partial charge on any atom is -0.325 e. The maximum Gasteiger partial charge on any atom is 0.123 e. The molecule has 0 radical (unpaired) electrons. The summed E-state index contributed by atoms with van der Waals surface area (Å²) in [7, 11) is 0. The quantitative estimate of drug-likeness (QED) is 0.872. The lowest BCUT2D eigenvalue weighted by atomic mass is 9.94. The molecule has 0 aliphatic rings. The van der Waals surface area contributed by atoms with Crippen LogP contribution in [-0.2, 0) is 6.42 Å². The largest absolute Gasteiger partial charge is 0.325 e. The molecule has 0 aromatic heterocycles. The van der Waals surface area contributed by atoms with E-state index in [0.29, 0.717) is 0 Å². The molecule has 0 saturated carbocycles. The molecule has 0 fully saturated rings. The normalized spacial score (nSPS) is 11.6. The third kappa shape index (κ3) is 3.41. The Morgan fingerprint density at radius 2 is 1.67 bits per heavy atom. The van der Waals surface area contributed by atoms with Gasteiger partial charge in [0.2, 0.25) is 0 Å². The maximum atomic E-state index is 12.9. The SMILES string of the molecule is CC(C)(N)Cc1cccc(-c2ccc(F)cc2)c1. The van der Waals surface area contributed by atoms with Gasteiger partial charge in [-0.15, -0.1) is 0 Å². The second-order valence-corrected chi connectivity index (χ2v) is 5.37. The van der Waals surface area contributed by atoms with Crippen molar-refractivity contribution in [1.82, 2.24) is 0 Å². The first-order valence-electron chi connectivity index (χ1n) is 6.08. The highest BCUT2D eigenvalue weighted by molar-refractivity contribution is 5.64. The molecule has 2 aromatic rings. The summed E-state index contributed by atoms with van der Waals surface area (Å²) in [6.45, 7) is 4.02. The van der Waals surface area contributed by atoms with Crippen molar-refractivity contribution in [3.63, 3.8) is 0 Å². The van der Waals surface area contributed by atoms with Crippen molar-refractivity contribution in [2.24, 2.45) is 5.73 Å². The molecule has 0 atom stereocenters. The lowest BCUT2D eigenvalue weighted by molar-refractivity contribution is 0.517. The predicted molar refractivity (Wildman–Crippen MR) is 73.8 cm³/mol. The molecule has 2 aromatic carbocycles. The summed E-state index contributed by atoms with van der Waals surface area (Å²) in [5, 5.41) is 0. The molecule has 0 aliphatic carbocycles. The van der Waals surface area contributed by atoms with Crippen LogP contribution >= 0.6 is 0 Å². The predicted octanol–water partition coefficient (Wildman–Crippen LogP) is 3.77. The van der Waals surface area contributed by atoms with Gasteiger partial charge in [0.15, 0.2) is 0 Å². The molecule has 0 spiro atoms. The lowest BCUT2D eigenvalue weighted by Gasteiger charge is -2.18. The number of hydrogen-bond acceptors (Lipinski definition) is 1. The summed E-state index contributed by atoms with van der Waals surface area (Å²) < 4.78 is 12.9. The molecular weight excluding hydrogens is 225 g/mol. The molecule has 0 amide bonds. The second-order valence-electron chi connectivity index (χ2n) is 5.37. The van der Waals surface area contributed by atoms with Crippen molar-refractivity contribution in [1.29, 1.82) is 0 Å². The van der Waals surface area contributed by atoms with Crippen LogP contribution in [0.5, 0.6) is 0 Å². The number of halogens is 1. The Bertz CT molecular complexity index is 524. The summed E-state index contributed by atoms with van der Waals surface area (Å²) in [4.78, 5) is 0. The number of nitrogens with two attached hydrogens (primary N) is 1. The highest BCUT2D eigenvalue weighted by Gasteiger charge is 2.11. The van der Waals surface area contributed by atoms with Gasteiger partial charge in [-0.05, 0) is 49.1 Å². The van der Waals surface area contributed by atoms with E-state index in [0.717, 1.165) is 17.5 Å². The summed E-state index contributed by atoms with van der Waals surface area (Å²) in [5.41, 5.74) is 9.12. The average Bonchev–Trinajstić information content (AvgIpc) is 2.28. The third-order valence-electron chi connectivity index (χ3n) is 2.76. The smallest absolute Gasteiger partial charge is 0.123 e. The molecule has 0 heterocycles. The van der Waals surface area contributed by atoms with Crippen LogP contribution in [0.1, 0.15) is 19.4 Å². The van der Waals surface area contributed by atoms with Crippen molar-refractivity contribution in [2.45, 2.75) is 25.8 Å². The minimum absolute atomic E-state index is 0.210. The first kappa shape index (κ1) is 12.8. The number of rotatable bonds is 3. The monoisotopic (exact) mass is 243 g/mol. The molecule has 0 aliphatic heterocycles. The molecular formula is C16H18FN. The van der Waals surface area contributed by atoms with Gasteiger partial charge in [-0.2, -0.15) is 0 Å².